The Labute approximate surface area is 94.7 Å². The highest BCUT2D eigenvalue weighted by molar-refractivity contribution is 6.58. The van der Waals surface area contributed by atoms with Crippen molar-refractivity contribution in [1.29, 1.82) is 0 Å². The molecule has 0 saturated heterocycles. The standard InChI is InChI=1S/C11H15BO4/c1-11(2,10(13)14)7-8-3-5-9(6-4-8)12(15)16/h3-6,15-16H,7H2,1-2H3,(H,13,14). The fourth-order valence-corrected chi connectivity index (χ4v) is 1.39. The summed E-state index contributed by atoms with van der Waals surface area (Å²) in [6.07, 6.45) is 0.407. The van der Waals surface area contributed by atoms with Crippen LogP contribution in [0.25, 0.3) is 0 Å². The Hall–Kier alpha value is -1.33. The zero-order valence-electron chi connectivity index (χ0n) is 9.34. The van der Waals surface area contributed by atoms with Crippen molar-refractivity contribution in [3.05, 3.63) is 29.8 Å². The summed E-state index contributed by atoms with van der Waals surface area (Å²) in [4.78, 5) is 10.9. The number of hydrogen-bond acceptors (Lipinski definition) is 3. The molecule has 1 rings (SSSR count). The summed E-state index contributed by atoms with van der Waals surface area (Å²) >= 11 is 0. The smallest absolute Gasteiger partial charge is 0.481 e. The van der Waals surface area contributed by atoms with Crippen LogP contribution in [0.3, 0.4) is 0 Å². The Bertz CT molecular complexity index is 370. The van der Waals surface area contributed by atoms with E-state index in [2.05, 4.69) is 0 Å². The van der Waals surface area contributed by atoms with Gasteiger partial charge in [0.1, 0.15) is 0 Å². The zero-order valence-corrected chi connectivity index (χ0v) is 9.34. The van der Waals surface area contributed by atoms with Gasteiger partial charge in [0, 0.05) is 0 Å². The number of carbonyl (C=O) groups is 1. The van der Waals surface area contributed by atoms with Crippen LogP contribution < -0.4 is 5.46 Å². The van der Waals surface area contributed by atoms with Gasteiger partial charge < -0.3 is 15.2 Å². The third-order valence-corrected chi connectivity index (χ3v) is 2.50. The number of rotatable bonds is 4. The molecular formula is C11H15BO4. The van der Waals surface area contributed by atoms with Gasteiger partial charge in [-0.3, -0.25) is 4.79 Å². The van der Waals surface area contributed by atoms with Crippen LogP contribution in [-0.2, 0) is 11.2 Å². The molecule has 0 fully saturated rings. The quantitative estimate of drug-likeness (QED) is 0.627. The molecule has 0 amide bonds. The lowest BCUT2D eigenvalue weighted by molar-refractivity contribution is -0.146. The first kappa shape index (κ1) is 12.7. The average Bonchev–Trinajstić information content (AvgIpc) is 2.17. The molecule has 0 saturated carbocycles. The van der Waals surface area contributed by atoms with E-state index >= 15 is 0 Å². The Morgan fingerprint density at radius 1 is 1.25 bits per heavy atom. The third kappa shape index (κ3) is 3.08. The molecule has 0 aliphatic heterocycles. The molecule has 0 aromatic heterocycles. The highest BCUT2D eigenvalue weighted by Crippen LogP contribution is 2.21. The second-order valence-corrected chi connectivity index (χ2v) is 4.48. The second-order valence-electron chi connectivity index (χ2n) is 4.48. The molecule has 5 heteroatoms. The normalized spacial score (nSPS) is 11.2. The summed E-state index contributed by atoms with van der Waals surface area (Å²) in [5.41, 5.74) is 0.438. The zero-order chi connectivity index (χ0) is 12.3. The van der Waals surface area contributed by atoms with Crippen molar-refractivity contribution in [2.24, 2.45) is 5.41 Å². The number of benzene rings is 1. The van der Waals surface area contributed by atoms with Crippen LogP contribution in [0.4, 0.5) is 0 Å². The average molecular weight is 222 g/mol. The van der Waals surface area contributed by atoms with E-state index in [1.165, 1.54) is 0 Å². The van der Waals surface area contributed by atoms with E-state index in [9.17, 15) is 4.79 Å². The molecule has 1 aromatic carbocycles. The van der Waals surface area contributed by atoms with Gasteiger partial charge in [0.2, 0.25) is 0 Å². The molecule has 0 atom stereocenters. The van der Waals surface area contributed by atoms with E-state index in [0.29, 0.717) is 11.9 Å². The molecule has 3 N–H and O–H groups in total. The lowest BCUT2D eigenvalue weighted by Gasteiger charge is -2.19. The highest BCUT2D eigenvalue weighted by atomic mass is 16.4. The number of carboxylic acids is 1. The van der Waals surface area contributed by atoms with Gasteiger partial charge in [0.05, 0.1) is 5.41 Å². The molecule has 0 aliphatic carbocycles. The molecule has 4 nitrogen and oxygen atoms in total. The summed E-state index contributed by atoms with van der Waals surface area (Å²) < 4.78 is 0. The van der Waals surface area contributed by atoms with Crippen LogP contribution in [0, 0.1) is 5.41 Å². The Kier molecular flexibility index (Phi) is 3.72. The van der Waals surface area contributed by atoms with Crippen molar-refractivity contribution in [1.82, 2.24) is 0 Å². The van der Waals surface area contributed by atoms with E-state index in [1.54, 1.807) is 38.1 Å². The van der Waals surface area contributed by atoms with Crippen molar-refractivity contribution in [2.45, 2.75) is 20.3 Å². The predicted octanol–water partition coefficient (Wildman–Crippen LogP) is 0.0197. The van der Waals surface area contributed by atoms with Gasteiger partial charge in [0.15, 0.2) is 0 Å². The fourth-order valence-electron chi connectivity index (χ4n) is 1.39. The van der Waals surface area contributed by atoms with Crippen molar-refractivity contribution >= 4 is 18.6 Å². The summed E-state index contributed by atoms with van der Waals surface area (Å²) in [6, 6.07) is 6.58. The first-order valence-corrected chi connectivity index (χ1v) is 5.01. The van der Waals surface area contributed by atoms with Crippen LogP contribution in [0.5, 0.6) is 0 Å². The summed E-state index contributed by atoms with van der Waals surface area (Å²) in [6.45, 7) is 3.31. The first-order valence-electron chi connectivity index (χ1n) is 5.01. The minimum Gasteiger partial charge on any atom is -0.481 e. The van der Waals surface area contributed by atoms with Crippen molar-refractivity contribution < 1.29 is 19.9 Å². The van der Waals surface area contributed by atoms with Crippen LogP contribution in [0.15, 0.2) is 24.3 Å². The van der Waals surface area contributed by atoms with E-state index in [1.807, 2.05) is 0 Å². The maximum absolute atomic E-state index is 10.9. The minimum absolute atomic E-state index is 0.400. The maximum Gasteiger partial charge on any atom is 0.488 e. The van der Waals surface area contributed by atoms with Crippen LogP contribution in [-0.4, -0.2) is 28.2 Å². The van der Waals surface area contributed by atoms with E-state index in [0.717, 1.165) is 5.56 Å². The van der Waals surface area contributed by atoms with Gasteiger partial charge in [0.25, 0.3) is 0 Å². The van der Waals surface area contributed by atoms with Crippen LogP contribution >= 0.6 is 0 Å². The Balaban J connectivity index is 2.80. The second kappa shape index (κ2) is 4.68. The lowest BCUT2D eigenvalue weighted by Crippen LogP contribution is -2.30. The fraction of sp³-hybridized carbons (Fsp3) is 0.364. The lowest BCUT2D eigenvalue weighted by atomic mass is 9.79. The van der Waals surface area contributed by atoms with Crippen molar-refractivity contribution in [3.8, 4) is 0 Å². The molecule has 1 aromatic rings. The molecule has 0 aliphatic rings. The number of hydrogen-bond donors (Lipinski definition) is 3. The number of aliphatic carboxylic acids is 1. The summed E-state index contributed by atoms with van der Waals surface area (Å²) in [7, 11) is -1.48. The van der Waals surface area contributed by atoms with E-state index in [4.69, 9.17) is 15.2 Å². The molecule has 0 spiro atoms. The summed E-state index contributed by atoms with van der Waals surface area (Å²) in [5, 5.41) is 26.8. The molecule has 16 heavy (non-hydrogen) atoms. The Morgan fingerprint density at radius 3 is 2.12 bits per heavy atom. The van der Waals surface area contributed by atoms with Gasteiger partial charge >= 0.3 is 13.1 Å². The van der Waals surface area contributed by atoms with Gasteiger partial charge in [-0.2, -0.15) is 0 Å². The van der Waals surface area contributed by atoms with Crippen molar-refractivity contribution in [2.75, 3.05) is 0 Å². The van der Waals surface area contributed by atoms with Crippen molar-refractivity contribution in [3.63, 3.8) is 0 Å². The first-order chi connectivity index (χ1) is 7.33. The maximum atomic E-state index is 10.9. The molecular weight excluding hydrogens is 207 g/mol. The van der Waals surface area contributed by atoms with Gasteiger partial charge in [-0.05, 0) is 31.3 Å². The SMILES string of the molecule is CC(C)(Cc1ccc(B(O)O)cc1)C(=O)O. The summed E-state index contributed by atoms with van der Waals surface area (Å²) in [5.74, 6) is -0.848. The monoisotopic (exact) mass is 222 g/mol. The third-order valence-electron chi connectivity index (χ3n) is 2.50. The highest BCUT2D eigenvalue weighted by Gasteiger charge is 2.27. The van der Waals surface area contributed by atoms with Gasteiger partial charge in [-0.1, -0.05) is 24.3 Å². The van der Waals surface area contributed by atoms with Crippen LogP contribution in [0.1, 0.15) is 19.4 Å². The molecule has 0 radical (unpaired) electrons. The van der Waals surface area contributed by atoms with Crippen LogP contribution in [0.2, 0.25) is 0 Å². The molecule has 86 valence electrons. The largest absolute Gasteiger partial charge is 0.488 e. The molecule has 0 heterocycles. The number of carboxylic acid groups (broad SMARTS) is 1. The minimum atomic E-state index is -1.48. The topological polar surface area (TPSA) is 77.8 Å². The van der Waals surface area contributed by atoms with E-state index in [-0.39, 0.29) is 0 Å². The van der Waals surface area contributed by atoms with E-state index < -0.39 is 18.5 Å². The van der Waals surface area contributed by atoms with Gasteiger partial charge in [-0.15, -0.1) is 0 Å². The Morgan fingerprint density at radius 2 is 1.75 bits per heavy atom. The molecule has 0 bridgehead atoms. The predicted molar refractivity (Wildman–Crippen MR) is 61.4 cm³/mol. The van der Waals surface area contributed by atoms with Gasteiger partial charge in [-0.25, -0.2) is 0 Å². The molecule has 0 unspecified atom stereocenters.